The van der Waals surface area contributed by atoms with Crippen molar-refractivity contribution < 1.29 is 13.9 Å². The van der Waals surface area contributed by atoms with Crippen molar-refractivity contribution in [2.75, 3.05) is 11.4 Å². The summed E-state index contributed by atoms with van der Waals surface area (Å²) in [6.07, 6.45) is -0.690. The average molecular weight is 274 g/mol. The van der Waals surface area contributed by atoms with E-state index in [0.29, 0.717) is 11.0 Å². The second kappa shape index (κ2) is 3.81. The van der Waals surface area contributed by atoms with E-state index in [2.05, 4.69) is 15.9 Å². The number of amides is 1. The highest BCUT2D eigenvalue weighted by molar-refractivity contribution is 9.10. The van der Waals surface area contributed by atoms with Gasteiger partial charge in [-0.3, -0.25) is 4.90 Å². The van der Waals surface area contributed by atoms with E-state index in [1.165, 1.54) is 11.0 Å². The molecule has 2 rings (SSSR count). The van der Waals surface area contributed by atoms with Gasteiger partial charge in [0.2, 0.25) is 0 Å². The summed E-state index contributed by atoms with van der Waals surface area (Å²) in [6.45, 7) is 2.16. The number of rotatable bonds is 1. The molecule has 1 aromatic carbocycles. The standard InChI is InChI=1S/C10H9BrFNO2/c1-6-5-13(10(14)15-6)9-3-2-7(11)4-8(9)12/h2-4,6H,5H2,1H3/t6-/m0/s1. The van der Waals surface area contributed by atoms with Gasteiger partial charge >= 0.3 is 6.09 Å². The molecule has 1 atom stereocenters. The third kappa shape index (κ3) is 1.97. The van der Waals surface area contributed by atoms with Gasteiger partial charge in [-0.05, 0) is 25.1 Å². The van der Waals surface area contributed by atoms with Crippen molar-refractivity contribution in [1.29, 1.82) is 0 Å². The van der Waals surface area contributed by atoms with Gasteiger partial charge in [0.05, 0.1) is 12.2 Å². The zero-order valence-electron chi connectivity index (χ0n) is 8.04. The number of hydrogen-bond donors (Lipinski definition) is 0. The van der Waals surface area contributed by atoms with Gasteiger partial charge in [-0.1, -0.05) is 15.9 Å². The number of nitrogens with zero attached hydrogens (tertiary/aromatic N) is 1. The zero-order chi connectivity index (χ0) is 11.0. The fourth-order valence-corrected chi connectivity index (χ4v) is 1.83. The summed E-state index contributed by atoms with van der Waals surface area (Å²) in [5.41, 5.74) is 0.257. The second-order valence-corrected chi connectivity index (χ2v) is 4.32. The first kappa shape index (κ1) is 10.4. The predicted molar refractivity (Wildman–Crippen MR) is 57.4 cm³/mol. The molecular weight excluding hydrogens is 265 g/mol. The largest absolute Gasteiger partial charge is 0.444 e. The topological polar surface area (TPSA) is 29.5 Å². The van der Waals surface area contributed by atoms with E-state index < -0.39 is 11.9 Å². The minimum atomic E-state index is -0.497. The van der Waals surface area contributed by atoms with Crippen molar-refractivity contribution >= 4 is 27.7 Å². The Morgan fingerprint density at radius 3 is 2.87 bits per heavy atom. The molecule has 3 nitrogen and oxygen atoms in total. The van der Waals surface area contributed by atoms with Gasteiger partial charge in [0.25, 0.3) is 0 Å². The fourth-order valence-electron chi connectivity index (χ4n) is 1.50. The number of ether oxygens (including phenoxy) is 1. The summed E-state index contributed by atoms with van der Waals surface area (Å²) in [5, 5.41) is 0. The molecule has 1 aliphatic heterocycles. The number of carbonyl (C=O) groups excluding carboxylic acids is 1. The molecule has 1 heterocycles. The monoisotopic (exact) mass is 273 g/mol. The first-order valence-corrected chi connectivity index (χ1v) is 5.30. The van der Waals surface area contributed by atoms with E-state index >= 15 is 0 Å². The second-order valence-electron chi connectivity index (χ2n) is 3.40. The lowest BCUT2D eigenvalue weighted by atomic mass is 10.2. The molecule has 5 heteroatoms. The molecule has 1 saturated heterocycles. The molecule has 0 unspecified atom stereocenters. The van der Waals surface area contributed by atoms with Crippen molar-refractivity contribution in [2.45, 2.75) is 13.0 Å². The molecule has 1 fully saturated rings. The molecule has 1 aliphatic rings. The van der Waals surface area contributed by atoms with E-state index in [0.717, 1.165) is 0 Å². The molecule has 80 valence electrons. The van der Waals surface area contributed by atoms with Crippen LogP contribution >= 0.6 is 15.9 Å². The van der Waals surface area contributed by atoms with E-state index in [4.69, 9.17) is 4.74 Å². The molecular formula is C10H9BrFNO2. The van der Waals surface area contributed by atoms with Crippen molar-refractivity contribution in [1.82, 2.24) is 0 Å². The molecule has 1 aromatic rings. The highest BCUT2D eigenvalue weighted by Crippen LogP contribution is 2.26. The molecule has 0 spiro atoms. The molecule has 0 bridgehead atoms. The third-order valence-electron chi connectivity index (χ3n) is 2.16. The maximum atomic E-state index is 13.5. The summed E-state index contributed by atoms with van der Waals surface area (Å²) in [5.74, 6) is -0.435. The number of benzene rings is 1. The molecule has 0 N–H and O–H groups in total. The van der Waals surface area contributed by atoms with E-state index in [1.807, 2.05) is 0 Å². The van der Waals surface area contributed by atoms with Gasteiger partial charge in [-0.25, -0.2) is 9.18 Å². The SMILES string of the molecule is C[C@H]1CN(c2ccc(Br)cc2F)C(=O)O1. The third-order valence-corrected chi connectivity index (χ3v) is 2.66. The van der Waals surface area contributed by atoms with Crippen LogP contribution in [0.4, 0.5) is 14.9 Å². The Hall–Kier alpha value is -1.10. The number of cyclic esters (lactones) is 1. The van der Waals surface area contributed by atoms with Gasteiger partial charge < -0.3 is 4.74 Å². The van der Waals surface area contributed by atoms with Gasteiger partial charge in [0, 0.05) is 4.47 Å². The molecule has 1 amide bonds. The van der Waals surface area contributed by atoms with Crippen LogP contribution in [0.25, 0.3) is 0 Å². The summed E-state index contributed by atoms with van der Waals surface area (Å²) in [6, 6.07) is 4.57. The molecule has 0 aliphatic carbocycles. The van der Waals surface area contributed by atoms with Gasteiger partial charge in [-0.15, -0.1) is 0 Å². The lowest BCUT2D eigenvalue weighted by Gasteiger charge is -2.13. The lowest BCUT2D eigenvalue weighted by Crippen LogP contribution is -2.25. The van der Waals surface area contributed by atoms with Crippen LogP contribution in [0.5, 0.6) is 0 Å². The Kier molecular flexibility index (Phi) is 2.65. The Morgan fingerprint density at radius 1 is 1.60 bits per heavy atom. The Balaban J connectivity index is 2.34. The minimum absolute atomic E-state index is 0.194. The maximum absolute atomic E-state index is 13.5. The van der Waals surface area contributed by atoms with Gasteiger partial charge in [0.15, 0.2) is 0 Å². The van der Waals surface area contributed by atoms with Crippen LogP contribution in [0, 0.1) is 5.82 Å². The van der Waals surface area contributed by atoms with E-state index in [-0.39, 0.29) is 11.8 Å². The minimum Gasteiger partial charge on any atom is -0.444 e. The fraction of sp³-hybridized carbons (Fsp3) is 0.300. The highest BCUT2D eigenvalue weighted by atomic mass is 79.9. The normalized spacial score (nSPS) is 20.6. The van der Waals surface area contributed by atoms with E-state index in [9.17, 15) is 9.18 Å². The smallest absolute Gasteiger partial charge is 0.414 e. The number of hydrogen-bond acceptors (Lipinski definition) is 2. The molecule has 0 saturated carbocycles. The molecule has 0 aromatic heterocycles. The van der Waals surface area contributed by atoms with Crippen molar-refractivity contribution in [3.63, 3.8) is 0 Å². The van der Waals surface area contributed by atoms with Crippen LogP contribution in [0.2, 0.25) is 0 Å². The maximum Gasteiger partial charge on any atom is 0.414 e. The summed E-state index contributed by atoms with van der Waals surface area (Å²) in [7, 11) is 0. The summed E-state index contributed by atoms with van der Waals surface area (Å²) in [4.78, 5) is 12.6. The quantitative estimate of drug-likeness (QED) is 0.788. The van der Waals surface area contributed by atoms with Crippen LogP contribution in [0.1, 0.15) is 6.92 Å². The lowest BCUT2D eigenvalue weighted by molar-refractivity contribution is 0.150. The zero-order valence-corrected chi connectivity index (χ0v) is 9.62. The molecule has 0 radical (unpaired) electrons. The summed E-state index contributed by atoms with van der Waals surface area (Å²) >= 11 is 3.16. The number of halogens is 2. The Morgan fingerprint density at radius 2 is 2.33 bits per heavy atom. The van der Waals surface area contributed by atoms with Crippen molar-refractivity contribution in [3.8, 4) is 0 Å². The van der Waals surface area contributed by atoms with Crippen LogP contribution < -0.4 is 4.90 Å². The van der Waals surface area contributed by atoms with Crippen LogP contribution in [0.3, 0.4) is 0 Å². The number of carbonyl (C=O) groups is 1. The van der Waals surface area contributed by atoms with E-state index in [1.54, 1.807) is 19.1 Å². The van der Waals surface area contributed by atoms with Crippen molar-refractivity contribution in [2.24, 2.45) is 0 Å². The van der Waals surface area contributed by atoms with Gasteiger partial charge in [-0.2, -0.15) is 0 Å². The van der Waals surface area contributed by atoms with Gasteiger partial charge in [0.1, 0.15) is 11.9 Å². The molecule has 15 heavy (non-hydrogen) atoms. The summed E-state index contributed by atoms with van der Waals surface area (Å²) < 4.78 is 19.1. The number of anilines is 1. The highest BCUT2D eigenvalue weighted by Gasteiger charge is 2.30. The first-order valence-electron chi connectivity index (χ1n) is 4.51. The van der Waals surface area contributed by atoms with Crippen LogP contribution in [0.15, 0.2) is 22.7 Å². The Bertz CT molecular complexity index is 410. The average Bonchev–Trinajstić information content (AvgIpc) is 2.45. The van der Waals surface area contributed by atoms with Crippen LogP contribution in [-0.4, -0.2) is 18.7 Å². The Labute approximate surface area is 95.0 Å². The first-order chi connectivity index (χ1) is 7.08. The van der Waals surface area contributed by atoms with Crippen LogP contribution in [-0.2, 0) is 4.74 Å². The predicted octanol–water partition coefficient (Wildman–Crippen LogP) is 2.93. The van der Waals surface area contributed by atoms with Crippen molar-refractivity contribution in [3.05, 3.63) is 28.5 Å².